The van der Waals surface area contributed by atoms with Crippen LogP contribution in [0, 0.1) is 0 Å². The maximum atomic E-state index is 13.3. The predicted octanol–water partition coefficient (Wildman–Crippen LogP) is 6.60. The molecule has 32 heavy (non-hydrogen) atoms. The summed E-state index contributed by atoms with van der Waals surface area (Å²) in [6.07, 6.45) is 0.463. The van der Waals surface area contributed by atoms with Gasteiger partial charge in [-0.2, -0.15) is 0 Å². The van der Waals surface area contributed by atoms with E-state index in [9.17, 15) is 9.59 Å². The molecule has 1 atom stereocenters. The number of carbonyl (C=O) groups excluding carboxylic acids is 2. The molecule has 0 bridgehead atoms. The number of amides is 2. The molecule has 0 heterocycles. The van der Waals surface area contributed by atoms with Crippen LogP contribution in [0.4, 0.5) is 0 Å². The Balaban J connectivity index is 2.24. The van der Waals surface area contributed by atoms with E-state index in [1.165, 1.54) is 11.8 Å². The average molecular weight is 516 g/mol. The second kappa shape index (κ2) is 12.2. The molecule has 4 nitrogen and oxygen atoms in total. The molecule has 0 radical (unpaired) electrons. The van der Waals surface area contributed by atoms with Crippen LogP contribution in [0.3, 0.4) is 0 Å². The van der Waals surface area contributed by atoms with Crippen molar-refractivity contribution in [3.63, 3.8) is 0 Å². The van der Waals surface area contributed by atoms with Crippen molar-refractivity contribution in [3.8, 4) is 0 Å². The first-order valence-corrected chi connectivity index (χ1v) is 12.7. The van der Waals surface area contributed by atoms with Crippen molar-refractivity contribution in [2.24, 2.45) is 0 Å². The van der Waals surface area contributed by atoms with E-state index in [-0.39, 0.29) is 24.1 Å². The van der Waals surface area contributed by atoms with E-state index in [0.29, 0.717) is 32.8 Å². The number of carbonyl (C=O) groups is 2. The number of hydrogen-bond donors (Lipinski definition) is 1. The van der Waals surface area contributed by atoms with Crippen LogP contribution < -0.4 is 5.32 Å². The van der Waals surface area contributed by atoms with Gasteiger partial charge in [0.2, 0.25) is 11.8 Å². The molecule has 2 aromatic rings. The third kappa shape index (κ3) is 7.87. The summed E-state index contributed by atoms with van der Waals surface area (Å²) < 4.78 is 0. The van der Waals surface area contributed by atoms with Crippen LogP contribution in [0.15, 0.2) is 42.5 Å². The molecular formula is C24H29Cl3N2O2S. The summed E-state index contributed by atoms with van der Waals surface area (Å²) in [6.45, 7) is 7.77. The Hall–Kier alpha value is -1.40. The summed E-state index contributed by atoms with van der Waals surface area (Å²) in [5.41, 5.74) is 1.17. The molecule has 0 saturated heterocycles. The zero-order valence-corrected chi connectivity index (χ0v) is 21.8. The number of benzene rings is 2. The zero-order chi connectivity index (χ0) is 23.9. The van der Waals surface area contributed by atoms with Crippen molar-refractivity contribution in [2.75, 3.05) is 5.75 Å². The summed E-state index contributed by atoms with van der Waals surface area (Å²) in [5, 5.41) is 4.58. The maximum Gasteiger partial charge on any atom is 0.243 e. The van der Waals surface area contributed by atoms with E-state index in [2.05, 4.69) is 5.32 Å². The number of thioether (sulfide) groups is 1. The van der Waals surface area contributed by atoms with Gasteiger partial charge in [0, 0.05) is 38.5 Å². The van der Waals surface area contributed by atoms with E-state index in [0.717, 1.165) is 5.56 Å². The van der Waals surface area contributed by atoms with Gasteiger partial charge in [0.25, 0.3) is 0 Å². The van der Waals surface area contributed by atoms with Crippen LogP contribution in [0.1, 0.15) is 45.2 Å². The molecule has 2 amide bonds. The van der Waals surface area contributed by atoms with Crippen molar-refractivity contribution in [1.82, 2.24) is 10.2 Å². The van der Waals surface area contributed by atoms with Gasteiger partial charge in [-0.1, -0.05) is 66.0 Å². The molecule has 0 fully saturated rings. The van der Waals surface area contributed by atoms with Gasteiger partial charge >= 0.3 is 0 Å². The smallest absolute Gasteiger partial charge is 0.243 e. The Morgan fingerprint density at radius 3 is 2.16 bits per heavy atom. The quantitative estimate of drug-likeness (QED) is 0.409. The second-order valence-corrected chi connectivity index (χ2v) is 10.7. The molecule has 2 rings (SSSR count). The maximum absolute atomic E-state index is 13.3. The van der Waals surface area contributed by atoms with Crippen molar-refractivity contribution in [3.05, 3.63) is 68.7 Å². The van der Waals surface area contributed by atoms with Gasteiger partial charge in [-0.15, -0.1) is 11.8 Å². The third-order valence-electron chi connectivity index (χ3n) is 4.72. The Morgan fingerprint density at radius 2 is 1.59 bits per heavy atom. The minimum Gasteiger partial charge on any atom is -0.350 e. The summed E-state index contributed by atoms with van der Waals surface area (Å²) >= 11 is 20.4. The van der Waals surface area contributed by atoms with Crippen molar-refractivity contribution < 1.29 is 9.59 Å². The summed E-state index contributed by atoms with van der Waals surface area (Å²) in [5.74, 6) is 0.436. The lowest BCUT2D eigenvalue weighted by Gasteiger charge is -2.33. The van der Waals surface area contributed by atoms with Gasteiger partial charge in [-0.3, -0.25) is 9.59 Å². The number of halogens is 3. The molecule has 0 aliphatic carbocycles. The molecule has 0 aromatic heterocycles. The molecule has 0 aliphatic rings. The van der Waals surface area contributed by atoms with Gasteiger partial charge < -0.3 is 10.2 Å². The highest BCUT2D eigenvalue weighted by atomic mass is 35.5. The summed E-state index contributed by atoms with van der Waals surface area (Å²) in [4.78, 5) is 27.9. The lowest BCUT2D eigenvalue weighted by atomic mass is 10.1. The van der Waals surface area contributed by atoms with E-state index >= 15 is 0 Å². The third-order valence-corrected chi connectivity index (χ3v) is 6.76. The Morgan fingerprint density at radius 1 is 1.00 bits per heavy atom. The van der Waals surface area contributed by atoms with Crippen LogP contribution in [-0.2, 0) is 21.9 Å². The molecule has 0 aliphatic heterocycles. The Kier molecular flexibility index (Phi) is 10.2. The van der Waals surface area contributed by atoms with E-state index in [4.69, 9.17) is 34.8 Å². The standard InChI is InChI=1S/C24H29Cl3N2O2S/c1-5-21(23(31)28-24(2,3)4)29(13-17-19(26)11-8-12-20(17)27)22(30)15-32-14-16-9-6-7-10-18(16)25/h6-12,21H,5,13-15H2,1-4H3,(H,28,31). The minimum atomic E-state index is -0.644. The largest absolute Gasteiger partial charge is 0.350 e. The van der Waals surface area contributed by atoms with Crippen LogP contribution in [-0.4, -0.2) is 34.0 Å². The van der Waals surface area contributed by atoms with Gasteiger partial charge in [0.05, 0.1) is 5.75 Å². The van der Waals surface area contributed by atoms with Gasteiger partial charge in [0.15, 0.2) is 0 Å². The van der Waals surface area contributed by atoms with E-state index in [1.807, 2.05) is 52.0 Å². The summed E-state index contributed by atoms with van der Waals surface area (Å²) in [6, 6.07) is 12.1. The minimum absolute atomic E-state index is 0.153. The van der Waals surface area contributed by atoms with Gasteiger partial charge in [-0.25, -0.2) is 0 Å². The molecular weight excluding hydrogens is 487 g/mol. The fourth-order valence-electron chi connectivity index (χ4n) is 3.17. The average Bonchev–Trinajstić information content (AvgIpc) is 2.70. The molecule has 0 spiro atoms. The highest BCUT2D eigenvalue weighted by Crippen LogP contribution is 2.28. The summed E-state index contributed by atoms with van der Waals surface area (Å²) in [7, 11) is 0. The van der Waals surface area contributed by atoms with Crippen LogP contribution in [0.2, 0.25) is 15.1 Å². The predicted molar refractivity (Wildman–Crippen MR) is 137 cm³/mol. The molecule has 2 aromatic carbocycles. The topological polar surface area (TPSA) is 49.4 Å². The molecule has 8 heteroatoms. The highest BCUT2D eigenvalue weighted by molar-refractivity contribution is 7.99. The van der Waals surface area contributed by atoms with Crippen LogP contribution in [0.5, 0.6) is 0 Å². The number of nitrogens with zero attached hydrogens (tertiary/aromatic N) is 1. The van der Waals surface area contributed by atoms with Crippen molar-refractivity contribution in [1.29, 1.82) is 0 Å². The Bertz CT molecular complexity index is 927. The van der Waals surface area contributed by atoms with Gasteiger partial charge in [0.1, 0.15) is 6.04 Å². The first-order chi connectivity index (χ1) is 15.0. The molecule has 1 N–H and O–H groups in total. The Labute approximate surface area is 210 Å². The molecule has 0 saturated carbocycles. The first-order valence-electron chi connectivity index (χ1n) is 10.4. The normalized spacial score (nSPS) is 12.3. The molecule has 1 unspecified atom stereocenters. The SMILES string of the molecule is CCC(C(=O)NC(C)(C)C)N(Cc1c(Cl)cccc1Cl)C(=O)CSCc1ccccc1Cl. The van der Waals surface area contributed by atoms with E-state index < -0.39 is 11.6 Å². The lowest BCUT2D eigenvalue weighted by Crippen LogP contribution is -2.53. The number of rotatable bonds is 9. The number of hydrogen-bond acceptors (Lipinski definition) is 3. The van der Waals surface area contributed by atoms with Crippen LogP contribution >= 0.6 is 46.6 Å². The highest BCUT2D eigenvalue weighted by Gasteiger charge is 2.31. The zero-order valence-electron chi connectivity index (χ0n) is 18.8. The van der Waals surface area contributed by atoms with Crippen molar-refractivity contribution in [2.45, 2.75) is 58.0 Å². The second-order valence-electron chi connectivity index (χ2n) is 8.47. The fraction of sp³-hybridized carbons (Fsp3) is 0.417. The van der Waals surface area contributed by atoms with Crippen LogP contribution in [0.25, 0.3) is 0 Å². The first kappa shape index (κ1) is 26.8. The number of nitrogens with one attached hydrogen (secondary N) is 1. The lowest BCUT2D eigenvalue weighted by molar-refractivity contribution is -0.140. The van der Waals surface area contributed by atoms with E-state index in [1.54, 1.807) is 23.1 Å². The van der Waals surface area contributed by atoms with Gasteiger partial charge in [-0.05, 0) is 51.0 Å². The monoisotopic (exact) mass is 514 g/mol. The fourth-order valence-corrected chi connectivity index (χ4v) is 4.89. The van der Waals surface area contributed by atoms with Crippen molar-refractivity contribution >= 4 is 58.4 Å². The molecule has 174 valence electrons.